The largest absolute Gasteiger partial charge is 0.345 e. The quantitative estimate of drug-likeness (QED) is 0.842. The highest BCUT2D eigenvalue weighted by molar-refractivity contribution is 9.09. The van der Waals surface area contributed by atoms with Crippen LogP contribution in [0.3, 0.4) is 0 Å². The third kappa shape index (κ3) is 2.75. The zero-order valence-corrected chi connectivity index (χ0v) is 13.1. The number of hydrogen-bond acceptors (Lipinski definition) is 2. The minimum absolute atomic E-state index is 0.00694. The second kappa shape index (κ2) is 5.02. The maximum Gasteiger partial charge on any atom is 0.261 e. The zero-order valence-electron chi connectivity index (χ0n) is 10.7. The third-order valence-corrected chi connectivity index (χ3v) is 5.34. The first kappa shape index (κ1) is 13.6. The zero-order chi connectivity index (χ0) is 13.3. The van der Waals surface area contributed by atoms with Gasteiger partial charge in [0, 0.05) is 15.1 Å². The summed E-state index contributed by atoms with van der Waals surface area (Å²) in [5.74, 6) is -0.00694. The molecular formula is C14H16BrNOS. The van der Waals surface area contributed by atoms with E-state index < -0.39 is 0 Å². The summed E-state index contributed by atoms with van der Waals surface area (Å²) in [4.78, 5) is 13.2. The molecule has 2 rings (SSSR count). The van der Waals surface area contributed by atoms with Gasteiger partial charge in [0.05, 0.1) is 4.88 Å². The number of thiophene rings is 1. The van der Waals surface area contributed by atoms with Crippen LogP contribution in [-0.2, 0) is 0 Å². The summed E-state index contributed by atoms with van der Waals surface area (Å²) < 4.78 is 1.15. The molecule has 1 heterocycles. The number of rotatable bonds is 3. The number of carbonyl (C=O) groups excluding carboxylic acids is 1. The number of amides is 1. The van der Waals surface area contributed by atoms with E-state index in [0.29, 0.717) is 0 Å². The molecular weight excluding hydrogens is 310 g/mol. The molecule has 0 saturated carbocycles. The predicted molar refractivity (Wildman–Crippen MR) is 81.8 cm³/mol. The Morgan fingerprint density at radius 1 is 1.39 bits per heavy atom. The van der Waals surface area contributed by atoms with E-state index in [1.165, 1.54) is 11.3 Å². The molecule has 1 unspecified atom stereocenters. The molecule has 1 aromatic heterocycles. The van der Waals surface area contributed by atoms with Gasteiger partial charge in [0.25, 0.3) is 5.91 Å². The minimum atomic E-state index is -0.271. The van der Waals surface area contributed by atoms with Crippen molar-refractivity contribution in [2.24, 2.45) is 0 Å². The highest BCUT2D eigenvalue weighted by atomic mass is 79.9. The van der Waals surface area contributed by atoms with Gasteiger partial charge in [-0.15, -0.1) is 11.3 Å². The van der Waals surface area contributed by atoms with Gasteiger partial charge in [-0.3, -0.25) is 4.79 Å². The Kier molecular flexibility index (Phi) is 3.78. The highest BCUT2D eigenvalue weighted by Gasteiger charge is 2.26. The lowest BCUT2D eigenvalue weighted by Gasteiger charge is -2.28. The van der Waals surface area contributed by atoms with E-state index in [0.717, 1.165) is 15.0 Å². The van der Waals surface area contributed by atoms with E-state index in [1.54, 1.807) is 0 Å². The van der Waals surface area contributed by atoms with E-state index in [-0.39, 0.29) is 16.3 Å². The van der Waals surface area contributed by atoms with Crippen molar-refractivity contribution in [3.05, 3.63) is 35.2 Å². The van der Waals surface area contributed by atoms with Gasteiger partial charge in [-0.1, -0.05) is 41.1 Å². The van der Waals surface area contributed by atoms with Gasteiger partial charge in [-0.05, 0) is 31.4 Å². The molecule has 0 radical (unpaired) electrons. The number of alkyl halides is 1. The van der Waals surface area contributed by atoms with Gasteiger partial charge in [0.2, 0.25) is 0 Å². The number of carbonyl (C=O) groups is 1. The van der Waals surface area contributed by atoms with Crippen LogP contribution in [0.25, 0.3) is 10.1 Å². The maximum absolute atomic E-state index is 12.2. The second-order valence-electron chi connectivity index (χ2n) is 4.94. The molecule has 0 fully saturated rings. The van der Waals surface area contributed by atoms with Crippen LogP contribution in [0.1, 0.15) is 30.4 Å². The Morgan fingerprint density at radius 3 is 2.67 bits per heavy atom. The fourth-order valence-electron chi connectivity index (χ4n) is 1.55. The number of fused-ring (bicyclic) bond motifs is 1. The maximum atomic E-state index is 12.2. The Hall–Kier alpha value is -0.870. The van der Waals surface area contributed by atoms with Crippen molar-refractivity contribution in [2.75, 3.05) is 0 Å². The average Bonchev–Trinajstić information content (AvgIpc) is 2.71. The molecule has 96 valence electrons. The lowest BCUT2D eigenvalue weighted by molar-refractivity contribution is 0.0918. The van der Waals surface area contributed by atoms with Crippen molar-refractivity contribution in [3.8, 4) is 0 Å². The van der Waals surface area contributed by atoms with Gasteiger partial charge in [-0.2, -0.15) is 0 Å². The minimum Gasteiger partial charge on any atom is -0.345 e. The SMILES string of the molecule is CC(Br)C(C)(C)NC(=O)c1cc2ccccc2s1. The van der Waals surface area contributed by atoms with Gasteiger partial charge in [-0.25, -0.2) is 0 Å². The van der Waals surface area contributed by atoms with E-state index in [1.807, 2.05) is 51.1 Å². The van der Waals surface area contributed by atoms with Crippen molar-refractivity contribution in [1.82, 2.24) is 5.32 Å². The average molecular weight is 326 g/mol. The van der Waals surface area contributed by atoms with Crippen molar-refractivity contribution in [3.63, 3.8) is 0 Å². The molecule has 1 amide bonds. The summed E-state index contributed by atoms with van der Waals surface area (Å²) >= 11 is 5.05. The molecule has 0 saturated heterocycles. The summed E-state index contributed by atoms with van der Waals surface area (Å²) in [5.41, 5.74) is -0.271. The van der Waals surface area contributed by atoms with Gasteiger partial charge < -0.3 is 5.32 Å². The van der Waals surface area contributed by atoms with Crippen LogP contribution in [0, 0.1) is 0 Å². The topological polar surface area (TPSA) is 29.1 Å². The molecule has 2 aromatic rings. The van der Waals surface area contributed by atoms with Crippen molar-refractivity contribution in [1.29, 1.82) is 0 Å². The molecule has 1 N–H and O–H groups in total. The second-order valence-corrected chi connectivity index (χ2v) is 7.40. The number of nitrogens with one attached hydrogen (secondary N) is 1. The van der Waals surface area contributed by atoms with Crippen molar-refractivity contribution < 1.29 is 4.79 Å². The van der Waals surface area contributed by atoms with Crippen LogP contribution in [0.5, 0.6) is 0 Å². The summed E-state index contributed by atoms with van der Waals surface area (Å²) in [6, 6.07) is 9.99. The Balaban J connectivity index is 2.24. The first-order valence-electron chi connectivity index (χ1n) is 5.85. The number of benzene rings is 1. The normalized spacial score (nSPS) is 13.6. The molecule has 4 heteroatoms. The lowest BCUT2D eigenvalue weighted by Crippen LogP contribution is -2.48. The van der Waals surface area contributed by atoms with Gasteiger partial charge in [0.1, 0.15) is 0 Å². The molecule has 2 nitrogen and oxygen atoms in total. The third-order valence-electron chi connectivity index (χ3n) is 3.08. The van der Waals surface area contributed by atoms with E-state index >= 15 is 0 Å². The molecule has 0 aliphatic rings. The van der Waals surface area contributed by atoms with E-state index in [2.05, 4.69) is 21.2 Å². The van der Waals surface area contributed by atoms with Crippen LogP contribution in [-0.4, -0.2) is 16.3 Å². The summed E-state index contributed by atoms with van der Waals surface area (Å²) in [7, 11) is 0. The van der Waals surface area contributed by atoms with Gasteiger partial charge in [0.15, 0.2) is 0 Å². The lowest BCUT2D eigenvalue weighted by atomic mass is 10.0. The molecule has 0 aliphatic heterocycles. The Labute approximate surface area is 120 Å². The number of halogens is 1. The van der Waals surface area contributed by atoms with E-state index in [9.17, 15) is 4.79 Å². The fraction of sp³-hybridized carbons (Fsp3) is 0.357. The fourth-order valence-corrected chi connectivity index (χ4v) is 2.62. The standard InChI is InChI=1S/C14H16BrNOS/c1-9(15)14(2,3)16-13(17)12-8-10-6-4-5-7-11(10)18-12/h4-9H,1-3H3,(H,16,17). The van der Waals surface area contributed by atoms with Crippen molar-refractivity contribution in [2.45, 2.75) is 31.1 Å². The number of hydrogen-bond donors (Lipinski definition) is 1. The molecule has 0 aliphatic carbocycles. The first-order chi connectivity index (χ1) is 8.40. The van der Waals surface area contributed by atoms with Crippen molar-refractivity contribution >= 4 is 43.3 Å². The van der Waals surface area contributed by atoms with Gasteiger partial charge >= 0.3 is 0 Å². The predicted octanol–water partition coefficient (Wildman–Crippen LogP) is 4.19. The highest BCUT2D eigenvalue weighted by Crippen LogP contribution is 2.26. The Bertz CT molecular complexity index is 541. The smallest absolute Gasteiger partial charge is 0.261 e. The summed E-state index contributed by atoms with van der Waals surface area (Å²) in [5, 5.41) is 4.18. The monoisotopic (exact) mass is 325 g/mol. The van der Waals surface area contributed by atoms with Crippen LogP contribution < -0.4 is 5.32 Å². The van der Waals surface area contributed by atoms with Crippen LogP contribution in [0.4, 0.5) is 0 Å². The summed E-state index contributed by atoms with van der Waals surface area (Å²) in [6.07, 6.45) is 0. The first-order valence-corrected chi connectivity index (χ1v) is 7.58. The van der Waals surface area contributed by atoms with Crippen LogP contribution in [0.15, 0.2) is 30.3 Å². The summed E-state index contributed by atoms with van der Waals surface area (Å²) in [6.45, 7) is 6.06. The molecule has 1 aromatic carbocycles. The van der Waals surface area contributed by atoms with E-state index in [4.69, 9.17) is 0 Å². The molecule has 18 heavy (non-hydrogen) atoms. The molecule has 0 bridgehead atoms. The molecule has 1 atom stereocenters. The van der Waals surface area contributed by atoms with Crippen LogP contribution in [0.2, 0.25) is 0 Å². The Morgan fingerprint density at radius 2 is 2.06 bits per heavy atom. The van der Waals surface area contributed by atoms with Crippen LogP contribution >= 0.6 is 27.3 Å². The molecule has 0 spiro atoms.